The Bertz CT molecular complexity index is 595. The van der Waals surface area contributed by atoms with E-state index in [9.17, 15) is 0 Å². The molecule has 5 nitrogen and oxygen atoms in total. The molecule has 1 aromatic carbocycles. The lowest BCUT2D eigenvalue weighted by Crippen LogP contribution is -2.25. The number of aliphatic imine (C=N–C) groups is 1. The van der Waals surface area contributed by atoms with Gasteiger partial charge in [0.05, 0.1) is 22.5 Å². The normalized spacial score (nSPS) is 15.6. The Labute approximate surface area is 109 Å². The second-order valence-electron chi connectivity index (χ2n) is 3.95. The second kappa shape index (κ2) is 4.73. The number of para-hydroxylation sites is 1. The quantitative estimate of drug-likeness (QED) is 0.655. The minimum Gasteiger partial charge on any atom is -0.367 e. The molecule has 0 aliphatic carbocycles. The number of thiazole rings is 1. The average molecular weight is 259 g/mol. The van der Waals surface area contributed by atoms with Crippen molar-refractivity contribution in [1.82, 2.24) is 10.3 Å². The van der Waals surface area contributed by atoms with E-state index in [1.54, 1.807) is 11.3 Å². The van der Waals surface area contributed by atoms with Crippen molar-refractivity contribution in [2.75, 3.05) is 18.5 Å². The van der Waals surface area contributed by atoms with Crippen LogP contribution < -0.4 is 10.7 Å². The van der Waals surface area contributed by atoms with E-state index in [-0.39, 0.29) is 0 Å². The number of anilines is 1. The van der Waals surface area contributed by atoms with E-state index in [0.29, 0.717) is 0 Å². The van der Waals surface area contributed by atoms with Gasteiger partial charge in [0.15, 0.2) is 0 Å². The minimum atomic E-state index is 0.800. The topological polar surface area (TPSA) is 61.7 Å². The second-order valence-corrected chi connectivity index (χ2v) is 4.98. The third kappa shape index (κ3) is 2.19. The number of aromatic nitrogens is 1. The molecule has 18 heavy (non-hydrogen) atoms. The van der Waals surface area contributed by atoms with Crippen molar-refractivity contribution in [3.8, 4) is 0 Å². The van der Waals surface area contributed by atoms with E-state index < -0.39 is 0 Å². The van der Waals surface area contributed by atoms with E-state index in [4.69, 9.17) is 0 Å². The van der Waals surface area contributed by atoms with Gasteiger partial charge in [-0.25, -0.2) is 4.98 Å². The number of fused-ring (bicyclic) bond motifs is 1. The van der Waals surface area contributed by atoms with Crippen molar-refractivity contribution >= 4 is 38.2 Å². The molecule has 0 fully saturated rings. The Kier molecular flexibility index (Phi) is 2.93. The highest BCUT2D eigenvalue weighted by Crippen LogP contribution is 2.25. The zero-order chi connectivity index (χ0) is 12.4. The van der Waals surface area contributed by atoms with Crippen molar-refractivity contribution in [3.63, 3.8) is 0 Å². The van der Waals surface area contributed by atoms with E-state index >= 15 is 0 Å². The Morgan fingerprint density at radius 3 is 3.11 bits per heavy atom. The minimum absolute atomic E-state index is 0.800. The van der Waals surface area contributed by atoms with Crippen LogP contribution in [0.5, 0.6) is 0 Å². The van der Waals surface area contributed by atoms with E-state index in [1.165, 1.54) is 0 Å². The number of amidine groups is 1. The Balaban J connectivity index is 1.78. The lowest BCUT2D eigenvalue weighted by atomic mass is 10.3. The maximum atomic E-state index is 4.45. The summed E-state index contributed by atoms with van der Waals surface area (Å²) in [5, 5.41) is 8.27. The largest absolute Gasteiger partial charge is 0.367 e. The first-order valence-electron chi connectivity index (χ1n) is 5.77. The van der Waals surface area contributed by atoms with Gasteiger partial charge in [-0.15, -0.1) is 0 Å². The van der Waals surface area contributed by atoms with Crippen LogP contribution in [-0.2, 0) is 0 Å². The fourth-order valence-corrected chi connectivity index (χ4v) is 2.55. The highest BCUT2D eigenvalue weighted by atomic mass is 32.1. The van der Waals surface area contributed by atoms with Crippen LogP contribution in [0.3, 0.4) is 0 Å². The van der Waals surface area contributed by atoms with Gasteiger partial charge < -0.3 is 5.32 Å². The third-order valence-electron chi connectivity index (χ3n) is 2.63. The predicted molar refractivity (Wildman–Crippen MR) is 76.7 cm³/mol. The molecular formula is C12H13N5S. The summed E-state index contributed by atoms with van der Waals surface area (Å²) in [5.74, 6) is 0.864. The Hall–Kier alpha value is -1.95. The molecule has 0 saturated carbocycles. The number of nitrogens with zero attached hydrogens (tertiary/aromatic N) is 3. The van der Waals surface area contributed by atoms with Gasteiger partial charge >= 0.3 is 0 Å². The molecule has 1 aromatic heterocycles. The van der Waals surface area contributed by atoms with Crippen LogP contribution in [0.2, 0.25) is 0 Å². The summed E-state index contributed by atoms with van der Waals surface area (Å²) < 4.78 is 1.16. The van der Waals surface area contributed by atoms with Gasteiger partial charge in [0, 0.05) is 6.54 Å². The lowest BCUT2D eigenvalue weighted by Gasteiger charge is -2.00. The van der Waals surface area contributed by atoms with Crippen molar-refractivity contribution < 1.29 is 0 Å². The summed E-state index contributed by atoms with van der Waals surface area (Å²) in [6.45, 7) is 3.64. The van der Waals surface area contributed by atoms with Crippen molar-refractivity contribution in [3.05, 3.63) is 24.3 Å². The molecule has 0 bridgehead atoms. The van der Waals surface area contributed by atoms with Crippen LogP contribution in [0.15, 0.2) is 34.4 Å². The first kappa shape index (κ1) is 11.2. The molecule has 92 valence electrons. The third-order valence-corrected chi connectivity index (χ3v) is 3.57. The molecule has 0 spiro atoms. The molecule has 0 amide bonds. The van der Waals surface area contributed by atoms with Gasteiger partial charge in [0.1, 0.15) is 5.84 Å². The zero-order valence-electron chi connectivity index (χ0n) is 9.97. The van der Waals surface area contributed by atoms with Crippen LogP contribution in [0.25, 0.3) is 10.2 Å². The van der Waals surface area contributed by atoms with E-state index in [0.717, 1.165) is 40.0 Å². The smallest absolute Gasteiger partial charge is 0.204 e. The van der Waals surface area contributed by atoms with E-state index in [1.807, 2.05) is 25.1 Å². The molecular weight excluding hydrogens is 246 g/mol. The van der Waals surface area contributed by atoms with E-state index in [2.05, 4.69) is 31.9 Å². The van der Waals surface area contributed by atoms with Crippen LogP contribution in [0, 0.1) is 0 Å². The number of hydrogen-bond acceptors (Lipinski definition) is 6. The Morgan fingerprint density at radius 1 is 1.44 bits per heavy atom. The van der Waals surface area contributed by atoms with Crippen LogP contribution >= 0.6 is 11.3 Å². The number of hydrazone groups is 1. The van der Waals surface area contributed by atoms with Crippen molar-refractivity contribution in [2.24, 2.45) is 10.1 Å². The molecule has 0 radical (unpaired) electrons. The molecule has 0 unspecified atom stereocenters. The van der Waals surface area contributed by atoms with Gasteiger partial charge in [-0.1, -0.05) is 23.5 Å². The molecule has 1 aliphatic heterocycles. The molecule has 3 rings (SSSR count). The SMILES string of the molecule is C/C(=N\Nc1nc2ccccc2s1)C1=NCCN1. The van der Waals surface area contributed by atoms with Crippen LogP contribution in [-0.4, -0.2) is 29.6 Å². The fourth-order valence-electron chi connectivity index (χ4n) is 1.74. The van der Waals surface area contributed by atoms with Crippen LogP contribution in [0.1, 0.15) is 6.92 Å². The highest BCUT2D eigenvalue weighted by Gasteiger charge is 2.08. The number of benzene rings is 1. The maximum absolute atomic E-state index is 4.45. The molecule has 2 heterocycles. The summed E-state index contributed by atoms with van der Waals surface area (Å²) >= 11 is 1.59. The summed E-state index contributed by atoms with van der Waals surface area (Å²) in [6, 6.07) is 8.04. The Morgan fingerprint density at radius 2 is 2.33 bits per heavy atom. The van der Waals surface area contributed by atoms with Crippen LogP contribution in [0.4, 0.5) is 5.13 Å². The first-order chi connectivity index (χ1) is 8.83. The molecule has 2 aromatic rings. The summed E-state index contributed by atoms with van der Waals surface area (Å²) in [6.07, 6.45) is 0. The molecule has 2 N–H and O–H groups in total. The standard InChI is InChI=1S/C12H13N5S/c1-8(11-13-6-7-14-11)16-17-12-15-9-4-2-3-5-10(9)18-12/h2-5H,6-7H2,1H3,(H,13,14)(H,15,17)/b16-8+. The molecule has 1 aliphatic rings. The van der Waals surface area contributed by atoms with Crippen molar-refractivity contribution in [1.29, 1.82) is 0 Å². The summed E-state index contributed by atoms with van der Waals surface area (Å²) in [5.41, 5.74) is 4.83. The molecule has 0 saturated heterocycles. The number of rotatable bonds is 3. The van der Waals surface area contributed by atoms with Gasteiger partial charge in [0.2, 0.25) is 5.13 Å². The molecule has 0 atom stereocenters. The van der Waals surface area contributed by atoms with Crippen molar-refractivity contribution in [2.45, 2.75) is 6.92 Å². The van der Waals surface area contributed by atoms with Gasteiger partial charge in [0.25, 0.3) is 0 Å². The van der Waals surface area contributed by atoms with Gasteiger partial charge in [-0.3, -0.25) is 10.4 Å². The summed E-state index contributed by atoms with van der Waals surface area (Å²) in [7, 11) is 0. The monoisotopic (exact) mass is 259 g/mol. The first-order valence-corrected chi connectivity index (χ1v) is 6.59. The average Bonchev–Trinajstić information content (AvgIpc) is 3.04. The highest BCUT2D eigenvalue weighted by molar-refractivity contribution is 7.22. The van der Waals surface area contributed by atoms with Gasteiger partial charge in [-0.2, -0.15) is 5.10 Å². The zero-order valence-corrected chi connectivity index (χ0v) is 10.8. The molecule has 6 heteroatoms. The number of hydrogen-bond donors (Lipinski definition) is 2. The maximum Gasteiger partial charge on any atom is 0.204 e. The lowest BCUT2D eigenvalue weighted by molar-refractivity contribution is 0.962. The fraction of sp³-hybridized carbons (Fsp3) is 0.250. The predicted octanol–water partition coefficient (Wildman–Crippen LogP) is 2.09. The summed E-state index contributed by atoms with van der Waals surface area (Å²) in [4.78, 5) is 8.76. The number of nitrogens with one attached hydrogen (secondary N) is 2. The van der Waals surface area contributed by atoms with Gasteiger partial charge in [-0.05, 0) is 19.1 Å².